The molecule has 0 spiro atoms. The maximum atomic E-state index is 9.47. The lowest BCUT2D eigenvalue weighted by Crippen LogP contribution is -2.00. The fraction of sp³-hybridized carbons (Fsp3) is 0.0952. The number of nitrogens with two attached hydrogens (primary N) is 1. The second kappa shape index (κ2) is 6.86. The number of pyridine rings is 1. The summed E-state index contributed by atoms with van der Waals surface area (Å²) in [6.45, 7) is 2.11. The molecule has 1 aromatic heterocycles. The van der Waals surface area contributed by atoms with Crippen LogP contribution in [-0.4, -0.2) is 4.98 Å². The fourth-order valence-corrected chi connectivity index (χ4v) is 2.69. The van der Waals surface area contributed by atoms with Gasteiger partial charge in [0.2, 0.25) is 0 Å². The van der Waals surface area contributed by atoms with Crippen molar-refractivity contribution < 1.29 is 0 Å². The Morgan fingerprint density at radius 3 is 2.12 bits per heavy atom. The number of anilines is 1. The lowest BCUT2D eigenvalue weighted by molar-refractivity contribution is 1.14. The molecule has 3 aromatic rings. The van der Waals surface area contributed by atoms with E-state index in [-0.39, 0.29) is 5.82 Å². The molecule has 0 saturated heterocycles. The molecule has 0 amide bonds. The van der Waals surface area contributed by atoms with Gasteiger partial charge in [-0.15, -0.1) is 0 Å². The van der Waals surface area contributed by atoms with Gasteiger partial charge in [-0.3, -0.25) is 0 Å². The van der Waals surface area contributed by atoms with E-state index in [1.165, 1.54) is 5.56 Å². The van der Waals surface area contributed by atoms with Gasteiger partial charge in [0.05, 0.1) is 17.3 Å². The highest BCUT2D eigenvalue weighted by Gasteiger charge is 2.13. The Balaban J connectivity index is 2.14. The Hall–Kier alpha value is -3.63. The normalized spacial score (nSPS) is 10.0. The summed E-state index contributed by atoms with van der Waals surface area (Å²) in [5.41, 5.74) is 11.4. The zero-order valence-electron chi connectivity index (χ0n) is 13.8. The number of aryl methyl sites for hydroxylation is 1. The minimum absolute atomic E-state index is 0.207. The van der Waals surface area contributed by atoms with Gasteiger partial charge in [-0.2, -0.15) is 10.5 Å². The van der Waals surface area contributed by atoms with Crippen LogP contribution in [0.25, 0.3) is 22.4 Å². The Bertz CT molecular complexity index is 988. The number of benzene rings is 2. The predicted molar refractivity (Wildman–Crippen MR) is 98.3 cm³/mol. The third-order valence-corrected chi connectivity index (χ3v) is 4.14. The lowest BCUT2D eigenvalue weighted by atomic mass is 9.97. The molecule has 0 saturated carbocycles. The molecule has 0 atom stereocenters. The molecule has 0 radical (unpaired) electrons. The van der Waals surface area contributed by atoms with E-state index in [0.717, 1.165) is 23.2 Å². The SMILES string of the molecule is CCc1ccc(-c2cc(-c3ccc(C#N)cc3)c(C#N)c(N)n2)cc1. The summed E-state index contributed by atoms with van der Waals surface area (Å²) in [7, 11) is 0. The second-order valence-corrected chi connectivity index (χ2v) is 5.67. The Morgan fingerprint density at radius 2 is 1.56 bits per heavy atom. The number of rotatable bonds is 3. The lowest BCUT2D eigenvalue weighted by Gasteiger charge is -2.11. The van der Waals surface area contributed by atoms with E-state index < -0.39 is 0 Å². The van der Waals surface area contributed by atoms with Crippen LogP contribution < -0.4 is 5.73 Å². The summed E-state index contributed by atoms with van der Waals surface area (Å²) in [5.74, 6) is 0.207. The summed E-state index contributed by atoms with van der Waals surface area (Å²) < 4.78 is 0. The number of nitrogen functional groups attached to an aromatic ring is 1. The quantitative estimate of drug-likeness (QED) is 0.778. The predicted octanol–water partition coefficient (Wildman–Crippen LogP) is 4.30. The zero-order valence-corrected chi connectivity index (χ0v) is 13.8. The van der Waals surface area contributed by atoms with Crippen molar-refractivity contribution in [3.8, 4) is 34.5 Å². The summed E-state index contributed by atoms with van der Waals surface area (Å²) in [4.78, 5) is 4.39. The summed E-state index contributed by atoms with van der Waals surface area (Å²) in [6, 6.07) is 21.3. The van der Waals surface area contributed by atoms with Gasteiger partial charge in [-0.05, 0) is 35.7 Å². The molecule has 4 heteroatoms. The van der Waals surface area contributed by atoms with Crippen molar-refractivity contribution in [2.45, 2.75) is 13.3 Å². The van der Waals surface area contributed by atoms with Gasteiger partial charge in [0, 0.05) is 11.1 Å². The molecular weight excluding hydrogens is 308 g/mol. The molecule has 3 rings (SSSR count). The van der Waals surface area contributed by atoms with Crippen molar-refractivity contribution in [1.82, 2.24) is 4.98 Å². The number of aromatic nitrogens is 1. The van der Waals surface area contributed by atoms with Crippen molar-refractivity contribution in [3.05, 3.63) is 71.3 Å². The Kier molecular flexibility index (Phi) is 4.46. The number of nitrogens with zero attached hydrogens (tertiary/aromatic N) is 3. The van der Waals surface area contributed by atoms with Crippen LogP contribution in [0.5, 0.6) is 0 Å². The third kappa shape index (κ3) is 3.20. The average Bonchev–Trinajstić information content (AvgIpc) is 2.67. The smallest absolute Gasteiger partial charge is 0.142 e. The molecule has 1 heterocycles. The highest BCUT2D eigenvalue weighted by Crippen LogP contribution is 2.31. The van der Waals surface area contributed by atoms with Crippen molar-refractivity contribution in [2.75, 3.05) is 5.73 Å². The minimum atomic E-state index is 0.207. The Labute approximate surface area is 146 Å². The fourth-order valence-electron chi connectivity index (χ4n) is 2.69. The van der Waals surface area contributed by atoms with Gasteiger partial charge < -0.3 is 5.73 Å². The van der Waals surface area contributed by atoms with Crippen LogP contribution >= 0.6 is 0 Å². The number of hydrogen-bond acceptors (Lipinski definition) is 4. The van der Waals surface area contributed by atoms with Crippen LogP contribution in [-0.2, 0) is 6.42 Å². The van der Waals surface area contributed by atoms with Crippen molar-refractivity contribution in [1.29, 1.82) is 10.5 Å². The standard InChI is InChI=1S/C21H16N4/c1-2-14-3-9-17(10-4-14)20-11-18(19(13-23)21(24)25-20)16-7-5-15(12-22)6-8-16/h3-11H,2H2,1H3,(H2,24,25). The van der Waals surface area contributed by atoms with Crippen molar-refractivity contribution in [3.63, 3.8) is 0 Å². The molecule has 0 bridgehead atoms. The van der Waals surface area contributed by atoms with Gasteiger partial charge in [0.15, 0.2) is 0 Å². The van der Waals surface area contributed by atoms with E-state index in [9.17, 15) is 5.26 Å². The maximum Gasteiger partial charge on any atom is 0.142 e. The molecule has 4 nitrogen and oxygen atoms in total. The third-order valence-electron chi connectivity index (χ3n) is 4.14. The van der Waals surface area contributed by atoms with Gasteiger partial charge in [-0.1, -0.05) is 43.3 Å². The van der Waals surface area contributed by atoms with Crippen LogP contribution in [0.1, 0.15) is 23.6 Å². The van der Waals surface area contributed by atoms with Crippen LogP contribution in [0.2, 0.25) is 0 Å². The summed E-state index contributed by atoms with van der Waals surface area (Å²) in [5, 5.41) is 18.4. The number of hydrogen-bond donors (Lipinski definition) is 1. The minimum Gasteiger partial charge on any atom is -0.383 e. The van der Waals surface area contributed by atoms with Gasteiger partial charge in [0.1, 0.15) is 17.5 Å². The molecule has 2 aromatic carbocycles. The van der Waals surface area contributed by atoms with Gasteiger partial charge in [0.25, 0.3) is 0 Å². The largest absolute Gasteiger partial charge is 0.383 e. The Morgan fingerprint density at radius 1 is 0.920 bits per heavy atom. The molecule has 0 aliphatic rings. The van der Waals surface area contributed by atoms with Crippen molar-refractivity contribution >= 4 is 5.82 Å². The first-order valence-corrected chi connectivity index (χ1v) is 7.96. The second-order valence-electron chi connectivity index (χ2n) is 5.67. The average molecular weight is 324 g/mol. The molecule has 0 aliphatic carbocycles. The van der Waals surface area contributed by atoms with E-state index in [1.807, 2.05) is 30.3 Å². The van der Waals surface area contributed by atoms with Crippen molar-refractivity contribution in [2.24, 2.45) is 0 Å². The van der Waals surface area contributed by atoms with E-state index in [4.69, 9.17) is 11.0 Å². The van der Waals surface area contributed by atoms with E-state index in [2.05, 4.69) is 36.2 Å². The van der Waals surface area contributed by atoms with Crippen LogP contribution in [0.4, 0.5) is 5.82 Å². The van der Waals surface area contributed by atoms with E-state index >= 15 is 0 Å². The molecular formula is C21H16N4. The van der Waals surface area contributed by atoms with Crippen LogP contribution in [0.15, 0.2) is 54.6 Å². The first-order valence-electron chi connectivity index (χ1n) is 7.96. The van der Waals surface area contributed by atoms with E-state index in [0.29, 0.717) is 16.7 Å². The van der Waals surface area contributed by atoms with Crippen LogP contribution in [0, 0.1) is 22.7 Å². The molecule has 120 valence electrons. The van der Waals surface area contributed by atoms with Gasteiger partial charge in [-0.25, -0.2) is 4.98 Å². The molecule has 0 aliphatic heterocycles. The zero-order chi connectivity index (χ0) is 17.8. The van der Waals surface area contributed by atoms with Gasteiger partial charge >= 0.3 is 0 Å². The molecule has 0 fully saturated rings. The van der Waals surface area contributed by atoms with E-state index in [1.54, 1.807) is 12.1 Å². The number of nitriles is 2. The summed E-state index contributed by atoms with van der Waals surface area (Å²) >= 11 is 0. The first-order chi connectivity index (χ1) is 12.2. The first kappa shape index (κ1) is 16.2. The van der Waals surface area contributed by atoms with Crippen LogP contribution in [0.3, 0.4) is 0 Å². The molecule has 0 unspecified atom stereocenters. The molecule has 25 heavy (non-hydrogen) atoms. The highest BCUT2D eigenvalue weighted by molar-refractivity contribution is 5.80. The highest BCUT2D eigenvalue weighted by atomic mass is 14.8. The molecule has 2 N–H and O–H groups in total. The summed E-state index contributed by atoms with van der Waals surface area (Å²) in [6.07, 6.45) is 0.972. The maximum absolute atomic E-state index is 9.47. The monoisotopic (exact) mass is 324 g/mol. The topological polar surface area (TPSA) is 86.5 Å².